The van der Waals surface area contributed by atoms with Gasteiger partial charge in [0, 0.05) is 4.47 Å². The Morgan fingerprint density at radius 3 is 2.44 bits per heavy atom. The van der Waals surface area contributed by atoms with Crippen molar-refractivity contribution in [2.24, 2.45) is 5.92 Å². The molecule has 0 aliphatic carbocycles. The third-order valence-corrected chi connectivity index (χ3v) is 6.43. The molecular formula is C24H18BrN3O6. The van der Waals surface area contributed by atoms with Gasteiger partial charge in [0.15, 0.2) is 6.10 Å². The van der Waals surface area contributed by atoms with Crippen molar-refractivity contribution in [1.82, 2.24) is 0 Å². The predicted molar refractivity (Wildman–Crippen MR) is 126 cm³/mol. The van der Waals surface area contributed by atoms with Crippen LogP contribution in [0.2, 0.25) is 0 Å². The van der Waals surface area contributed by atoms with Crippen molar-refractivity contribution >= 4 is 44.8 Å². The maximum Gasteiger partial charge on any atom is 0.297 e. The first-order valence-corrected chi connectivity index (χ1v) is 11.2. The molecule has 2 aliphatic rings. The Morgan fingerprint density at radius 2 is 1.76 bits per heavy atom. The third-order valence-electron chi connectivity index (χ3n) is 5.94. The number of anilines is 2. The fourth-order valence-corrected chi connectivity index (χ4v) is 4.86. The minimum absolute atomic E-state index is 0.113. The zero-order valence-electron chi connectivity index (χ0n) is 17.8. The van der Waals surface area contributed by atoms with Gasteiger partial charge in [0.05, 0.1) is 29.8 Å². The zero-order valence-corrected chi connectivity index (χ0v) is 19.4. The maximum absolute atomic E-state index is 13.7. The molecular weight excluding hydrogens is 506 g/mol. The number of halogens is 1. The van der Waals surface area contributed by atoms with Gasteiger partial charge in [-0.1, -0.05) is 46.3 Å². The summed E-state index contributed by atoms with van der Waals surface area (Å²) in [7, 11) is 1.38. The van der Waals surface area contributed by atoms with Crippen molar-refractivity contribution < 1.29 is 24.1 Å². The highest BCUT2D eigenvalue weighted by Crippen LogP contribution is 2.49. The van der Waals surface area contributed by atoms with Gasteiger partial charge in [0.1, 0.15) is 17.4 Å². The Labute approximate surface area is 202 Å². The second-order valence-electron chi connectivity index (χ2n) is 7.84. The Bertz CT molecular complexity index is 1300. The number of carbonyl (C=O) groups excluding carboxylic acids is 2. The van der Waals surface area contributed by atoms with Gasteiger partial charge in [-0.15, -0.1) is 0 Å². The number of ether oxygens (including phenoxy) is 1. The van der Waals surface area contributed by atoms with Gasteiger partial charge in [-0.3, -0.25) is 24.5 Å². The van der Waals surface area contributed by atoms with Crippen LogP contribution in [0.1, 0.15) is 11.6 Å². The highest BCUT2D eigenvalue weighted by Gasteiger charge is 2.61. The number of hydroxylamine groups is 1. The van der Waals surface area contributed by atoms with E-state index in [2.05, 4.69) is 15.9 Å². The van der Waals surface area contributed by atoms with E-state index in [0.29, 0.717) is 5.69 Å². The van der Waals surface area contributed by atoms with Crippen molar-refractivity contribution in [2.45, 2.75) is 12.1 Å². The van der Waals surface area contributed by atoms with Crippen LogP contribution in [-0.2, 0) is 14.4 Å². The van der Waals surface area contributed by atoms with Crippen molar-refractivity contribution in [1.29, 1.82) is 0 Å². The molecule has 3 aromatic rings. The molecule has 2 heterocycles. The summed E-state index contributed by atoms with van der Waals surface area (Å²) in [4.78, 5) is 45.2. The monoisotopic (exact) mass is 523 g/mol. The molecule has 0 aromatic heterocycles. The summed E-state index contributed by atoms with van der Waals surface area (Å²) in [5.74, 6) is -1.87. The number of para-hydroxylation sites is 1. The Hall–Kier alpha value is -3.76. The second-order valence-corrected chi connectivity index (χ2v) is 8.75. The smallest absolute Gasteiger partial charge is 0.297 e. The first kappa shape index (κ1) is 22.1. The largest absolute Gasteiger partial charge is 0.496 e. The number of nitrogens with zero attached hydrogens (tertiary/aromatic N) is 3. The maximum atomic E-state index is 13.7. The lowest BCUT2D eigenvalue weighted by atomic mass is 9.90. The zero-order chi connectivity index (χ0) is 24.0. The standard InChI is InChI=1S/C24H18BrN3O6/c1-33-17-10-11-18(19(13-17)28(31)32)26-23(29)20-21(14-6-5-7-15(25)12-14)27(34-22(20)24(26)30)16-8-3-2-4-9-16/h2-13,20-22H,1H3. The van der Waals surface area contributed by atoms with Gasteiger partial charge in [-0.25, -0.2) is 9.96 Å². The molecule has 10 heteroatoms. The van der Waals surface area contributed by atoms with E-state index in [4.69, 9.17) is 9.57 Å². The Balaban J connectivity index is 1.61. The van der Waals surface area contributed by atoms with E-state index in [9.17, 15) is 19.7 Å². The molecule has 0 N–H and O–H groups in total. The van der Waals surface area contributed by atoms with Crippen LogP contribution in [0.15, 0.2) is 77.3 Å². The van der Waals surface area contributed by atoms with E-state index >= 15 is 0 Å². The molecule has 3 atom stereocenters. The van der Waals surface area contributed by atoms with E-state index in [1.165, 1.54) is 25.3 Å². The van der Waals surface area contributed by atoms with Crippen molar-refractivity contribution in [2.75, 3.05) is 17.1 Å². The topological polar surface area (TPSA) is 102 Å². The summed E-state index contributed by atoms with van der Waals surface area (Å²) in [5.41, 5.74) is 0.931. The number of amides is 2. The minimum atomic E-state index is -1.13. The van der Waals surface area contributed by atoms with Crippen LogP contribution in [0.3, 0.4) is 0 Å². The summed E-state index contributed by atoms with van der Waals surface area (Å²) in [6.45, 7) is 0. The van der Waals surface area contributed by atoms with E-state index in [1.807, 2.05) is 54.6 Å². The van der Waals surface area contributed by atoms with Crippen LogP contribution in [-0.4, -0.2) is 30.0 Å². The van der Waals surface area contributed by atoms with E-state index in [-0.39, 0.29) is 11.4 Å². The summed E-state index contributed by atoms with van der Waals surface area (Å²) in [5, 5.41) is 13.3. The number of benzene rings is 3. The fourth-order valence-electron chi connectivity index (χ4n) is 4.45. The Kier molecular flexibility index (Phi) is 5.54. The number of hydrogen-bond donors (Lipinski definition) is 0. The summed E-state index contributed by atoms with van der Waals surface area (Å²) < 4.78 is 5.88. The number of rotatable bonds is 5. The molecule has 0 radical (unpaired) electrons. The lowest BCUT2D eigenvalue weighted by molar-refractivity contribution is -0.384. The van der Waals surface area contributed by atoms with Crippen molar-refractivity contribution in [3.63, 3.8) is 0 Å². The van der Waals surface area contributed by atoms with Crippen LogP contribution in [0.4, 0.5) is 17.1 Å². The lowest BCUT2D eigenvalue weighted by Crippen LogP contribution is -2.37. The summed E-state index contributed by atoms with van der Waals surface area (Å²) in [6, 6.07) is 20.0. The number of nitro groups is 1. The number of carbonyl (C=O) groups is 2. The van der Waals surface area contributed by atoms with Crippen molar-refractivity contribution in [3.05, 3.63) is 92.9 Å². The first-order valence-electron chi connectivity index (χ1n) is 10.4. The van der Waals surface area contributed by atoms with Gasteiger partial charge in [-0.05, 0) is 42.0 Å². The average molecular weight is 524 g/mol. The predicted octanol–water partition coefficient (Wildman–Crippen LogP) is 4.42. The van der Waals surface area contributed by atoms with E-state index in [0.717, 1.165) is 14.9 Å². The molecule has 3 unspecified atom stereocenters. The van der Waals surface area contributed by atoms with Gasteiger partial charge in [-0.2, -0.15) is 0 Å². The van der Waals surface area contributed by atoms with E-state index < -0.39 is 40.5 Å². The van der Waals surface area contributed by atoms with Crippen LogP contribution >= 0.6 is 15.9 Å². The number of nitro benzene ring substituents is 1. The van der Waals surface area contributed by atoms with Crippen LogP contribution < -0.4 is 14.7 Å². The molecule has 172 valence electrons. The van der Waals surface area contributed by atoms with Gasteiger partial charge >= 0.3 is 0 Å². The van der Waals surface area contributed by atoms with E-state index in [1.54, 1.807) is 5.06 Å². The van der Waals surface area contributed by atoms with Crippen LogP contribution in [0, 0.1) is 16.0 Å². The Morgan fingerprint density at radius 1 is 1.00 bits per heavy atom. The molecule has 0 saturated carbocycles. The number of methoxy groups -OCH3 is 1. The molecule has 2 amide bonds. The molecule has 0 spiro atoms. The van der Waals surface area contributed by atoms with Gasteiger partial charge in [0.2, 0.25) is 5.91 Å². The summed E-state index contributed by atoms with van der Waals surface area (Å²) in [6.07, 6.45) is -1.13. The number of imide groups is 1. The number of fused-ring (bicyclic) bond motifs is 1. The molecule has 34 heavy (non-hydrogen) atoms. The SMILES string of the molecule is COc1ccc(N2C(=O)C3ON(c4ccccc4)C(c4cccc(Br)c4)C3C2=O)c([N+](=O)[O-])c1. The quantitative estimate of drug-likeness (QED) is 0.277. The van der Waals surface area contributed by atoms with Crippen LogP contribution in [0.5, 0.6) is 5.75 Å². The fraction of sp³-hybridized carbons (Fsp3) is 0.167. The lowest BCUT2D eigenvalue weighted by Gasteiger charge is -2.28. The van der Waals surface area contributed by atoms with Gasteiger partial charge < -0.3 is 4.74 Å². The minimum Gasteiger partial charge on any atom is -0.496 e. The summed E-state index contributed by atoms with van der Waals surface area (Å²) >= 11 is 3.46. The average Bonchev–Trinajstić information content (AvgIpc) is 3.35. The molecule has 5 rings (SSSR count). The molecule has 2 fully saturated rings. The van der Waals surface area contributed by atoms with Crippen molar-refractivity contribution in [3.8, 4) is 5.75 Å². The highest BCUT2D eigenvalue weighted by atomic mass is 79.9. The molecule has 9 nitrogen and oxygen atoms in total. The molecule has 3 aromatic carbocycles. The van der Waals surface area contributed by atoms with Crippen LogP contribution in [0.25, 0.3) is 0 Å². The molecule has 2 saturated heterocycles. The molecule has 0 bridgehead atoms. The number of hydrogen-bond acceptors (Lipinski definition) is 7. The second kappa shape index (κ2) is 8.54. The third kappa shape index (κ3) is 3.51. The normalized spacial score (nSPS) is 21.6. The van der Waals surface area contributed by atoms with Gasteiger partial charge in [0.25, 0.3) is 11.6 Å². The first-order chi connectivity index (χ1) is 16.4. The molecule has 2 aliphatic heterocycles. The highest BCUT2D eigenvalue weighted by molar-refractivity contribution is 9.10.